The molecule has 1 aliphatic carbocycles. The Morgan fingerprint density at radius 3 is 2.38 bits per heavy atom. The van der Waals surface area contributed by atoms with Gasteiger partial charge in [0.1, 0.15) is 0 Å². The molecule has 1 saturated carbocycles. The first-order chi connectivity index (χ1) is 7.48. The van der Waals surface area contributed by atoms with Gasteiger partial charge in [-0.2, -0.15) is 0 Å². The summed E-state index contributed by atoms with van der Waals surface area (Å²) in [4.78, 5) is 2.82. The van der Waals surface area contributed by atoms with Crippen molar-refractivity contribution in [3.05, 3.63) is 21.9 Å². The van der Waals surface area contributed by atoms with Gasteiger partial charge in [-0.05, 0) is 36.3 Å². The van der Waals surface area contributed by atoms with E-state index in [1.165, 1.54) is 35.4 Å². The van der Waals surface area contributed by atoms with Crippen molar-refractivity contribution >= 4 is 22.9 Å². The highest BCUT2D eigenvalue weighted by atomic mass is 35.5. The zero-order valence-corrected chi connectivity index (χ0v) is 12.0. The summed E-state index contributed by atoms with van der Waals surface area (Å²) in [5.41, 5.74) is 0.259. The number of hydrogen-bond acceptors (Lipinski definition) is 1. The van der Waals surface area contributed by atoms with Crippen molar-refractivity contribution in [3.63, 3.8) is 0 Å². The maximum Gasteiger partial charge on any atom is 0.0706 e. The summed E-state index contributed by atoms with van der Waals surface area (Å²) >= 11 is 8.49. The Balaban J connectivity index is 2.12. The van der Waals surface area contributed by atoms with Crippen LogP contribution in [0.5, 0.6) is 0 Å². The van der Waals surface area contributed by atoms with E-state index in [1.807, 2.05) is 11.3 Å². The Labute approximate surface area is 108 Å². The molecule has 1 atom stereocenters. The molecule has 1 aliphatic rings. The summed E-state index contributed by atoms with van der Waals surface area (Å²) in [6.07, 6.45) is 5.37. The molecule has 0 bridgehead atoms. The summed E-state index contributed by atoms with van der Waals surface area (Å²) in [5, 5.41) is 0.253. The molecule has 1 fully saturated rings. The van der Waals surface area contributed by atoms with Crippen molar-refractivity contribution in [1.29, 1.82) is 0 Å². The average Bonchev–Trinajstić information content (AvgIpc) is 2.87. The Bertz CT molecular complexity index is 342. The number of halogens is 1. The third-order valence-electron chi connectivity index (χ3n) is 3.45. The number of alkyl halides is 1. The van der Waals surface area contributed by atoms with Crippen molar-refractivity contribution in [2.24, 2.45) is 5.92 Å². The highest BCUT2D eigenvalue weighted by molar-refractivity contribution is 7.12. The molecular weight excluding hydrogens is 236 g/mol. The summed E-state index contributed by atoms with van der Waals surface area (Å²) in [6, 6.07) is 4.49. The minimum Gasteiger partial charge on any atom is -0.143 e. The third-order valence-corrected chi connectivity index (χ3v) is 5.77. The number of rotatable bonds is 2. The first-order valence-electron chi connectivity index (χ1n) is 6.23. The van der Waals surface area contributed by atoms with Crippen LogP contribution in [0.1, 0.15) is 61.6 Å². The van der Waals surface area contributed by atoms with E-state index in [4.69, 9.17) is 11.6 Å². The van der Waals surface area contributed by atoms with Crippen LogP contribution in [0, 0.1) is 5.92 Å². The lowest BCUT2D eigenvalue weighted by Gasteiger charge is -2.17. The van der Waals surface area contributed by atoms with E-state index in [2.05, 4.69) is 32.9 Å². The van der Waals surface area contributed by atoms with Gasteiger partial charge < -0.3 is 0 Å². The van der Waals surface area contributed by atoms with E-state index in [0.29, 0.717) is 5.92 Å². The minimum atomic E-state index is 0.253. The standard InChI is InChI=1S/C14H21ClS/c1-14(2,3)12-9-8-11(16-12)13(15)10-6-4-5-7-10/h8-10,13H,4-7H2,1-3H3. The highest BCUT2D eigenvalue weighted by Gasteiger charge is 2.26. The van der Waals surface area contributed by atoms with Gasteiger partial charge in [0, 0.05) is 9.75 Å². The molecule has 1 aromatic rings. The quantitative estimate of drug-likeness (QED) is 0.612. The van der Waals surface area contributed by atoms with Crippen molar-refractivity contribution in [2.75, 3.05) is 0 Å². The van der Waals surface area contributed by atoms with Gasteiger partial charge in [-0.25, -0.2) is 0 Å². The predicted octanol–water partition coefficient (Wildman–Crippen LogP) is 5.52. The summed E-state index contributed by atoms with van der Waals surface area (Å²) in [5.74, 6) is 0.716. The largest absolute Gasteiger partial charge is 0.143 e. The monoisotopic (exact) mass is 256 g/mol. The Hall–Kier alpha value is -0.0100. The van der Waals surface area contributed by atoms with E-state index < -0.39 is 0 Å². The second kappa shape index (κ2) is 4.70. The first kappa shape index (κ1) is 12.4. The van der Waals surface area contributed by atoms with Gasteiger partial charge in [0.25, 0.3) is 0 Å². The molecule has 1 heterocycles. The van der Waals surface area contributed by atoms with Crippen LogP contribution < -0.4 is 0 Å². The topological polar surface area (TPSA) is 0 Å². The van der Waals surface area contributed by atoms with E-state index in [9.17, 15) is 0 Å². The van der Waals surface area contributed by atoms with Gasteiger partial charge in [0.05, 0.1) is 5.38 Å². The number of thiophene rings is 1. The van der Waals surface area contributed by atoms with Crippen LogP contribution in [0.4, 0.5) is 0 Å². The molecular formula is C14H21ClS. The Morgan fingerprint density at radius 1 is 1.25 bits per heavy atom. The van der Waals surface area contributed by atoms with Crippen LogP contribution in [0.25, 0.3) is 0 Å². The Kier molecular flexibility index (Phi) is 3.65. The van der Waals surface area contributed by atoms with Crippen molar-refractivity contribution in [3.8, 4) is 0 Å². The molecule has 0 aromatic carbocycles. The molecule has 0 saturated heterocycles. The van der Waals surface area contributed by atoms with Crippen LogP contribution >= 0.6 is 22.9 Å². The lowest BCUT2D eigenvalue weighted by atomic mass is 9.95. The molecule has 1 unspecified atom stereocenters. The zero-order chi connectivity index (χ0) is 11.8. The number of hydrogen-bond donors (Lipinski definition) is 0. The molecule has 2 heteroatoms. The van der Waals surface area contributed by atoms with Crippen molar-refractivity contribution < 1.29 is 0 Å². The van der Waals surface area contributed by atoms with Crippen LogP contribution in [-0.4, -0.2) is 0 Å². The SMILES string of the molecule is CC(C)(C)c1ccc(C(Cl)C2CCCC2)s1. The van der Waals surface area contributed by atoms with E-state index in [-0.39, 0.29) is 10.8 Å². The summed E-state index contributed by atoms with van der Waals surface area (Å²) < 4.78 is 0. The fourth-order valence-electron chi connectivity index (χ4n) is 2.39. The second-order valence-electron chi connectivity index (χ2n) is 5.90. The van der Waals surface area contributed by atoms with E-state index in [1.54, 1.807) is 0 Å². The lowest BCUT2D eigenvalue weighted by Crippen LogP contribution is -2.08. The molecule has 2 rings (SSSR count). The van der Waals surface area contributed by atoms with Crippen molar-refractivity contribution in [1.82, 2.24) is 0 Å². The predicted molar refractivity (Wildman–Crippen MR) is 73.6 cm³/mol. The smallest absolute Gasteiger partial charge is 0.0706 e. The fourth-order valence-corrected chi connectivity index (χ4v) is 3.98. The van der Waals surface area contributed by atoms with Gasteiger partial charge in [-0.3, -0.25) is 0 Å². The van der Waals surface area contributed by atoms with E-state index in [0.717, 1.165) is 0 Å². The summed E-state index contributed by atoms with van der Waals surface area (Å²) in [7, 11) is 0. The molecule has 0 spiro atoms. The van der Waals surface area contributed by atoms with Crippen LogP contribution in [-0.2, 0) is 5.41 Å². The average molecular weight is 257 g/mol. The van der Waals surface area contributed by atoms with Crippen LogP contribution in [0.3, 0.4) is 0 Å². The second-order valence-corrected chi connectivity index (χ2v) is 7.48. The summed E-state index contributed by atoms with van der Waals surface area (Å²) in [6.45, 7) is 6.80. The maximum atomic E-state index is 6.59. The minimum absolute atomic E-state index is 0.253. The van der Waals surface area contributed by atoms with Gasteiger partial charge >= 0.3 is 0 Å². The first-order valence-corrected chi connectivity index (χ1v) is 7.48. The normalized spacial score (nSPS) is 20.2. The zero-order valence-electron chi connectivity index (χ0n) is 10.4. The molecule has 90 valence electrons. The molecule has 0 aliphatic heterocycles. The van der Waals surface area contributed by atoms with Gasteiger partial charge in [-0.1, -0.05) is 33.6 Å². The third kappa shape index (κ3) is 2.62. The molecule has 0 N–H and O–H groups in total. The maximum absolute atomic E-state index is 6.59. The van der Waals surface area contributed by atoms with Gasteiger partial charge in [-0.15, -0.1) is 22.9 Å². The van der Waals surface area contributed by atoms with Crippen molar-refractivity contribution in [2.45, 2.75) is 57.2 Å². The molecule has 0 radical (unpaired) electrons. The van der Waals surface area contributed by atoms with E-state index >= 15 is 0 Å². The molecule has 0 nitrogen and oxygen atoms in total. The van der Waals surface area contributed by atoms with Gasteiger partial charge in [0.15, 0.2) is 0 Å². The fraction of sp³-hybridized carbons (Fsp3) is 0.714. The molecule has 0 amide bonds. The van der Waals surface area contributed by atoms with Crippen LogP contribution in [0.15, 0.2) is 12.1 Å². The van der Waals surface area contributed by atoms with Gasteiger partial charge in [0.2, 0.25) is 0 Å². The lowest BCUT2D eigenvalue weighted by molar-refractivity contribution is 0.533. The molecule has 16 heavy (non-hydrogen) atoms. The Morgan fingerprint density at radius 2 is 1.88 bits per heavy atom. The molecule has 1 aromatic heterocycles. The van der Waals surface area contributed by atoms with Crippen LogP contribution in [0.2, 0.25) is 0 Å². The highest BCUT2D eigenvalue weighted by Crippen LogP contribution is 2.43.